The summed E-state index contributed by atoms with van der Waals surface area (Å²) in [5.74, 6) is -0.233. The van der Waals surface area contributed by atoms with Crippen molar-refractivity contribution in [1.82, 2.24) is 10.6 Å². The van der Waals surface area contributed by atoms with Gasteiger partial charge in [-0.15, -0.1) is 0 Å². The lowest BCUT2D eigenvalue weighted by atomic mass is 9.93. The summed E-state index contributed by atoms with van der Waals surface area (Å²) >= 11 is 0. The van der Waals surface area contributed by atoms with E-state index in [9.17, 15) is 22.8 Å². The Labute approximate surface area is 160 Å². The van der Waals surface area contributed by atoms with Crippen LogP contribution in [0, 0.1) is 5.92 Å². The smallest absolute Gasteiger partial charge is 0.412 e. The number of carbonyl (C=O) groups excluding carboxylic acids is 2. The van der Waals surface area contributed by atoms with Crippen molar-refractivity contribution < 1.29 is 27.5 Å². The van der Waals surface area contributed by atoms with Crippen LogP contribution in [0.15, 0.2) is 59.6 Å². The number of hydrogen-bond acceptors (Lipinski definition) is 3. The Morgan fingerprint density at radius 1 is 1.25 bits per heavy atom. The van der Waals surface area contributed by atoms with Crippen LogP contribution in [-0.2, 0) is 14.3 Å². The van der Waals surface area contributed by atoms with Gasteiger partial charge in [0.25, 0.3) is 5.91 Å². The monoisotopic (exact) mass is 394 g/mol. The summed E-state index contributed by atoms with van der Waals surface area (Å²) in [6.07, 6.45) is 5.36. The Morgan fingerprint density at radius 3 is 2.71 bits per heavy atom. The second-order valence-electron chi connectivity index (χ2n) is 6.97. The fourth-order valence-electron chi connectivity index (χ4n) is 3.19. The van der Waals surface area contributed by atoms with E-state index in [0.717, 1.165) is 12.2 Å². The zero-order chi connectivity index (χ0) is 20.3. The van der Waals surface area contributed by atoms with Gasteiger partial charge in [-0.05, 0) is 24.6 Å². The molecule has 2 amide bonds. The maximum Gasteiger partial charge on any atom is 0.412 e. The van der Waals surface area contributed by atoms with E-state index < -0.39 is 36.2 Å². The van der Waals surface area contributed by atoms with E-state index in [2.05, 4.69) is 10.6 Å². The molecular formula is C20H21F3N2O3. The fourth-order valence-corrected chi connectivity index (χ4v) is 3.19. The van der Waals surface area contributed by atoms with Crippen LogP contribution in [0.1, 0.15) is 26.2 Å². The van der Waals surface area contributed by atoms with E-state index >= 15 is 0 Å². The maximum absolute atomic E-state index is 13.2. The van der Waals surface area contributed by atoms with Crippen LogP contribution in [0.4, 0.5) is 13.2 Å². The van der Waals surface area contributed by atoms with E-state index in [4.69, 9.17) is 4.74 Å². The standard InChI is InChI=1S/C20H21F3N2O3/c1-12-4-2-3-5-16(12)28-17-10-13(20(21,22)23)6-7-15(17)19(27)25-14-8-9-24-18(26)11-14/h2-3,5-9,12,14,17H,4,10-11H2,1H3,(H,24,26)(H,25,27). The van der Waals surface area contributed by atoms with Gasteiger partial charge in [-0.3, -0.25) is 9.59 Å². The molecule has 28 heavy (non-hydrogen) atoms. The predicted octanol–water partition coefficient (Wildman–Crippen LogP) is 3.19. The molecule has 2 N–H and O–H groups in total. The summed E-state index contributed by atoms with van der Waals surface area (Å²) < 4.78 is 45.4. The van der Waals surface area contributed by atoms with Crippen molar-refractivity contribution in [2.24, 2.45) is 5.92 Å². The molecule has 3 rings (SSSR count). The molecule has 3 aliphatic rings. The second-order valence-corrected chi connectivity index (χ2v) is 6.97. The van der Waals surface area contributed by atoms with E-state index in [1.54, 1.807) is 18.2 Å². The summed E-state index contributed by atoms with van der Waals surface area (Å²) in [6.45, 7) is 1.91. The molecule has 5 nitrogen and oxygen atoms in total. The van der Waals surface area contributed by atoms with Crippen molar-refractivity contribution in [3.8, 4) is 0 Å². The van der Waals surface area contributed by atoms with Crippen LogP contribution in [0.2, 0.25) is 0 Å². The molecule has 3 atom stereocenters. The van der Waals surface area contributed by atoms with Gasteiger partial charge in [0, 0.05) is 24.1 Å². The molecule has 0 aromatic carbocycles. The molecule has 0 aromatic heterocycles. The van der Waals surface area contributed by atoms with E-state index in [-0.39, 0.29) is 23.8 Å². The maximum atomic E-state index is 13.2. The minimum atomic E-state index is -4.49. The van der Waals surface area contributed by atoms with Gasteiger partial charge in [-0.2, -0.15) is 13.2 Å². The molecule has 1 heterocycles. The van der Waals surface area contributed by atoms with Crippen LogP contribution < -0.4 is 10.6 Å². The highest BCUT2D eigenvalue weighted by Crippen LogP contribution is 2.36. The lowest BCUT2D eigenvalue weighted by Crippen LogP contribution is -2.43. The highest BCUT2D eigenvalue weighted by Gasteiger charge is 2.39. The second kappa shape index (κ2) is 8.08. The zero-order valence-electron chi connectivity index (χ0n) is 15.3. The average molecular weight is 394 g/mol. The molecule has 0 fully saturated rings. The molecule has 150 valence electrons. The number of nitrogens with one attached hydrogen (secondary N) is 2. The minimum Gasteiger partial charge on any atom is -0.489 e. The number of hydrogen-bond donors (Lipinski definition) is 2. The van der Waals surface area contributed by atoms with Gasteiger partial charge in [-0.1, -0.05) is 25.2 Å². The van der Waals surface area contributed by atoms with Gasteiger partial charge >= 0.3 is 6.18 Å². The summed E-state index contributed by atoms with van der Waals surface area (Å²) in [5.41, 5.74) is -0.638. The van der Waals surface area contributed by atoms with Crippen molar-refractivity contribution in [2.75, 3.05) is 0 Å². The number of amides is 2. The Balaban J connectivity index is 1.81. The van der Waals surface area contributed by atoms with Gasteiger partial charge in [0.15, 0.2) is 0 Å². The van der Waals surface area contributed by atoms with Crippen molar-refractivity contribution in [1.29, 1.82) is 0 Å². The van der Waals surface area contributed by atoms with Gasteiger partial charge < -0.3 is 15.4 Å². The SMILES string of the molecule is CC1CC=CC=C1OC1CC(C(F)(F)F)=CC=C1C(=O)NC1C=CNC(=O)C1. The third kappa shape index (κ3) is 4.74. The molecule has 3 unspecified atom stereocenters. The molecule has 1 aliphatic heterocycles. The van der Waals surface area contributed by atoms with Crippen molar-refractivity contribution in [3.05, 3.63) is 59.6 Å². The summed E-state index contributed by atoms with van der Waals surface area (Å²) in [6, 6.07) is -0.522. The van der Waals surface area contributed by atoms with Crippen LogP contribution in [0.25, 0.3) is 0 Å². The van der Waals surface area contributed by atoms with Crippen molar-refractivity contribution >= 4 is 11.8 Å². The lowest BCUT2D eigenvalue weighted by Gasteiger charge is -2.30. The molecule has 0 bridgehead atoms. The first-order chi connectivity index (χ1) is 13.2. The third-order valence-electron chi connectivity index (χ3n) is 4.79. The van der Waals surface area contributed by atoms with Crippen LogP contribution >= 0.6 is 0 Å². The molecule has 0 radical (unpaired) electrons. The molecule has 8 heteroatoms. The minimum absolute atomic E-state index is 0.0135. The quantitative estimate of drug-likeness (QED) is 0.770. The largest absolute Gasteiger partial charge is 0.489 e. The number of allylic oxidation sites excluding steroid dienone is 6. The van der Waals surface area contributed by atoms with Crippen LogP contribution in [0.5, 0.6) is 0 Å². The molecule has 0 saturated carbocycles. The lowest BCUT2D eigenvalue weighted by molar-refractivity contribution is -0.122. The van der Waals surface area contributed by atoms with Gasteiger partial charge in [0.1, 0.15) is 11.9 Å². The normalized spacial score (nSPS) is 27.4. The molecule has 0 saturated heterocycles. The highest BCUT2D eigenvalue weighted by molar-refractivity contribution is 5.96. The Morgan fingerprint density at radius 2 is 2.04 bits per heavy atom. The first-order valence-corrected chi connectivity index (χ1v) is 9.02. The zero-order valence-corrected chi connectivity index (χ0v) is 15.3. The molecule has 0 aromatic rings. The topological polar surface area (TPSA) is 67.4 Å². The number of rotatable bonds is 4. The van der Waals surface area contributed by atoms with Gasteiger partial charge in [-0.25, -0.2) is 0 Å². The first-order valence-electron chi connectivity index (χ1n) is 9.02. The van der Waals surface area contributed by atoms with E-state index in [0.29, 0.717) is 12.2 Å². The third-order valence-corrected chi connectivity index (χ3v) is 4.79. The van der Waals surface area contributed by atoms with Gasteiger partial charge in [0.05, 0.1) is 18.0 Å². The number of carbonyl (C=O) groups is 2. The first kappa shape index (κ1) is 20.0. The van der Waals surface area contributed by atoms with Crippen LogP contribution in [-0.4, -0.2) is 30.1 Å². The van der Waals surface area contributed by atoms with Gasteiger partial charge in [0.2, 0.25) is 5.91 Å². The predicted molar refractivity (Wildman–Crippen MR) is 96.5 cm³/mol. The number of ether oxygens (including phenoxy) is 1. The van der Waals surface area contributed by atoms with Crippen molar-refractivity contribution in [2.45, 2.75) is 44.5 Å². The molecular weight excluding hydrogens is 373 g/mol. The number of alkyl halides is 3. The van der Waals surface area contributed by atoms with Crippen LogP contribution in [0.3, 0.4) is 0 Å². The average Bonchev–Trinajstić information content (AvgIpc) is 2.63. The molecule has 2 aliphatic carbocycles. The van der Waals surface area contributed by atoms with E-state index in [1.165, 1.54) is 6.20 Å². The summed E-state index contributed by atoms with van der Waals surface area (Å²) in [5, 5.41) is 5.17. The Hall–Kier alpha value is -2.77. The number of halogens is 3. The highest BCUT2D eigenvalue weighted by atomic mass is 19.4. The fraction of sp³-hybridized carbons (Fsp3) is 0.400. The Bertz CT molecular complexity index is 806. The Kier molecular flexibility index (Phi) is 5.76. The molecule has 0 spiro atoms. The summed E-state index contributed by atoms with van der Waals surface area (Å²) in [4.78, 5) is 24.1. The van der Waals surface area contributed by atoms with E-state index in [1.807, 2.05) is 13.0 Å². The van der Waals surface area contributed by atoms with Crippen molar-refractivity contribution in [3.63, 3.8) is 0 Å². The summed E-state index contributed by atoms with van der Waals surface area (Å²) in [7, 11) is 0.